The molecule has 1 aliphatic heterocycles. The molecule has 0 radical (unpaired) electrons. The van der Waals surface area contributed by atoms with E-state index in [-0.39, 0.29) is 17.2 Å². The molecule has 2 aromatic rings. The van der Waals surface area contributed by atoms with Crippen molar-refractivity contribution >= 4 is 28.9 Å². The Labute approximate surface area is 144 Å². The van der Waals surface area contributed by atoms with Crippen molar-refractivity contribution in [3.8, 4) is 11.5 Å². The van der Waals surface area contributed by atoms with Crippen LogP contribution in [0.3, 0.4) is 0 Å². The summed E-state index contributed by atoms with van der Waals surface area (Å²) in [7, 11) is 0. The number of hydrogen-bond acceptors (Lipinski definition) is 7. The molecule has 0 spiro atoms. The first-order chi connectivity index (χ1) is 11.7. The van der Waals surface area contributed by atoms with E-state index in [1.165, 1.54) is 29.5 Å². The van der Waals surface area contributed by atoms with Gasteiger partial charge in [0.15, 0.2) is 18.1 Å². The molecule has 0 saturated heterocycles. The molecule has 0 bridgehead atoms. The van der Waals surface area contributed by atoms with E-state index in [9.17, 15) is 18.4 Å². The van der Waals surface area contributed by atoms with Gasteiger partial charge in [0.05, 0.1) is 10.7 Å². The average Bonchev–Trinajstić information content (AvgIpc) is 3.01. The number of aromatic nitrogens is 1. The first kappa shape index (κ1) is 17.1. The van der Waals surface area contributed by atoms with Crippen LogP contribution in [0.25, 0.3) is 0 Å². The van der Waals surface area contributed by atoms with E-state index in [0.717, 1.165) is 0 Å². The Balaban J connectivity index is 1.57. The molecule has 0 atom stereocenters. The topological polar surface area (TPSA) is 86.8 Å². The van der Waals surface area contributed by atoms with Gasteiger partial charge in [0.1, 0.15) is 4.88 Å². The minimum Gasteiger partial charge on any atom is -0.451 e. The predicted molar refractivity (Wildman–Crippen MR) is 83.1 cm³/mol. The van der Waals surface area contributed by atoms with Crippen molar-refractivity contribution in [2.75, 3.05) is 11.9 Å². The number of halogens is 2. The second-order valence-corrected chi connectivity index (χ2v) is 6.30. The van der Waals surface area contributed by atoms with Gasteiger partial charge in [-0.15, -0.1) is 20.1 Å². The summed E-state index contributed by atoms with van der Waals surface area (Å²) in [6.07, 6.45) is -3.73. The molecule has 2 heterocycles. The fourth-order valence-electron chi connectivity index (χ4n) is 2.14. The van der Waals surface area contributed by atoms with Crippen LogP contribution in [0.4, 0.5) is 14.5 Å². The quantitative estimate of drug-likeness (QED) is 0.833. The third-order valence-corrected chi connectivity index (χ3v) is 4.16. The van der Waals surface area contributed by atoms with E-state index >= 15 is 0 Å². The van der Waals surface area contributed by atoms with Crippen molar-refractivity contribution in [3.63, 3.8) is 0 Å². The highest BCUT2D eigenvalue weighted by atomic mass is 32.1. The number of carbonyl (C=O) groups excluding carboxylic acids is 2. The minimum absolute atomic E-state index is 0.134. The predicted octanol–water partition coefficient (Wildman–Crippen LogP) is 2.88. The number of benzene rings is 1. The Morgan fingerprint density at radius 2 is 2.00 bits per heavy atom. The van der Waals surface area contributed by atoms with Gasteiger partial charge in [0.2, 0.25) is 0 Å². The SMILES string of the molecule is Cc1nc(C)c(C(=O)OCC(=O)Nc2ccc3c(c2)OC(F)(F)O3)s1. The summed E-state index contributed by atoms with van der Waals surface area (Å²) in [6.45, 7) is 2.90. The molecule has 1 aromatic heterocycles. The number of anilines is 1. The number of nitrogens with zero attached hydrogens (tertiary/aromatic N) is 1. The Morgan fingerprint density at radius 1 is 1.28 bits per heavy atom. The summed E-state index contributed by atoms with van der Waals surface area (Å²) in [6, 6.07) is 3.79. The highest BCUT2D eigenvalue weighted by molar-refractivity contribution is 7.13. The molecular weight excluding hydrogens is 358 g/mol. The molecule has 7 nitrogen and oxygen atoms in total. The standard InChI is InChI=1S/C15H12F2N2O5S/c1-7-13(25-8(2)18-7)14(21)22-6-12(20)19-9-3-4-10-11(5-9)24-15(16,17)23-10/h3-5H,6H2,1-2H3,(H,19,20). The highest BCUT2D eigenvalue weighted by Crippen LogP contribution is 2.42. The molecular formula is C15H12F2N2O5S. The summed E-state index contributed by atoms with van der Waals surface area (Å²) < 4.78 is 39.4. The maximum Gasteiger partial charge on any atom is 0.586 e. The van der Waals surface area contributed by atoms with Crippen molar-refractivity contribution in [3.05, 3.63) is 33.8 Å². The van der Waals surface area contributed by atoms with Crippen LogP contribution in [0.15, 0.2) is 18.2 Å². The van der Waals surface area contributed by atoms with Crippen LogP contribution in [0.5, 0.6) is 11.5 Å². The van der Waals surface area contributed by atoms with Gasteiger partial charge in [-0.3, -0.25) is 4.79 Å². The van der Waals surface area contributed by atoms with Gasteiger partial charge in [-0.05, 0) is 26.0 Å². The Kier molecular flexibility index (Phi) is 4.29. The largest absolute Gasteiger partial charge is 0.586 e. The smallest absolute Gasteiger partial charge is 0.451 e. The van der Waals surface area contributed by atoms with E-state index in [2.05, 4.69) is 19.8 Å². The molecule has 1 amide bonds. The number of esters is 1. The van der Waals surface area contributed by atoms with Crippen LogP contribution >= 0.6 is 11.3 Å². The maximum atomic E-state index is 12.9. The number of ether oxygens (including phenoxy) is 3. The Bertz CT molecular complexity index is 852. The normalized spacial score (nSPS) is 14.2. The first-order valence-electron chi connectivity index (χ1n) is 7.04. The van der Waals surface area contributed by atoms with E-state index in [1.54, 1.807) is 13.8 Å². The van der Waals surface area contributed by atoms with Crippen molar-refractivity contribution in [2.24, 2.45) is 0 Å². The van der Waals surface area contributed by atoms with Crippen LogP contribution in [0, 0.1) is 13.8 Å². The van der Waals surface area contributed by atoms with Crippen molar-refractivity contribution in [1.29, 1.82) is 0 Å². The zero-order valence-corrected chi connectivity index (χ0v) is 13.9. The summed E-state index contributed by atoms with van der Waals surface area (Å²) in [5, 5.41) is 3.13. The lowest BCUT2D eigenvalue weighted by Crippen LogP contribution is -2.25. The van der Waals surface area contributed by atoms with Crippen LogP contribution in [-0.4, -0.2) is 29.8 Å². The number of carbonyl (C=O) groups is 2. The van der Waals surface area contributed by atoms with Gasteiger partial charge in [0.25, 0.3) is 5.91 Å². The van der Waals surface area contributed by atoms with Crippen molar-refractivity contribution < 1.29 is 32.6 Å². The zero-order valence-electron chi connectivity index (χ0n) is 13.1. The minimum atomic E-state index is -3.73. The summed E-state index contributed by atoms with van der Waals surface area (Å²) in [4.78, 5) is 28.2. The Hall–Kier alpha value is -2.75. The first-order valence-corrected chi connectivity index (χ1v) is 7.86. The fraction of sp³-hybridized carbons (Fsp3) is 0.267. The molecule has 1 aliphatic rings. The van der Waals surface area contributed by atoms with Crippen molar-refractivity contribution in [2.45, 2.75) is 20.1 Å². The number of hydrogen-bond donors (Lipinski definition) is 1. The lowest BCUT2D eigenvalue weighted by molar-refractivity contribution is -0.286. The van der Waals surface area contributed by atoms with E-state index in [0.29, 0.717) is 15.6 Å². The molecule has 1 N–H and O–H groups in total. The molecule has 1 aromatic carbocycles. The molecule has 10 heteroatoms. The third kappa shape index (κ3) is 3.85. The summed E-state index contributed by atoms with van der Waals surface area (Å²) >= 11 is 1.17. The molecule has 0 fully saturated rings. The van der Waals surface area contributed by atoms with Gasteiger partial charge in [0, 0.05) is 11.8 Å². The average molecular weight is 370 g/mol. The highest BCUT2D eigenvalue weighted by Gasteiger charge is 2.43. The lowest BCUT2D eigenvalue weighted by atomic mass is 10.3. The summed E-state index contributed by atoms with van der Waals surface area (Å²) in [5.41, 5.74) is 0.732. The number of aryl methyl sites for hydroxylation is 2. The molecule has 132 valence electrons. The number of amides is 1. The van der Waals surface area contributed by atoms with Gasteiger partial charge in [-0.25, -0.2) is 9.78 Å². The van der Waals surface area contributed by atoms with Crippen LogP contribution in [0.1, 0.15) is 20.4 Å². The van der Waals surface area contributed by atoms with E-state index in [1.807, 2.05) is 0 Å². The number of nitrogens with one attached hydrogen (secondary N) is 1. The zero-order chi connectivity index (χ0) is 18.2. The van der Waals surface area contributed by atoms with Gasteiger partial charge < -0.3 is 19.5 Å². The summed E-state index contributed by atoms with van der Waals surface area (Å²) in [5.74, 6) is -1.61. The maximum absolute atomic E-state index is 12.9. The fourth-order valence-corrected chi connectivity index (χ4v) is 2.95. The number of alkyl halides is 2. The van der Waals surface area contributed by atoms with Crippen LogP contribution in [-0.2, 0) is 9.53 Å². The van der Waals surface area contributed by atoms with Crippen LogP contribution < -0.4 is 14.8 Å². The second-order valence-electron chi connectivity index (χ2n) is 5.10. The lowest BCUT2D eigenvalue weighted by Gasteiger charge is -2.07. The van der Waals surface area contributed by atoms with Gasteiger partial charge >= 0.3 is 12.3 Å². The molecule has 0 saturated carbocycles. The van der Waals surface area contributed by atoms with E-state index in [4.69, 9.17) is 4.74 Å². The molecule has 0 aliphatic carbocycles. The van der Waals surface area contributed by atoms with Gasteiger partial charge in [-0.2, -0.15) is 0 Å². The monoisotopic (exact) mass is 370 g/mol. The number of rotatable bonds is 4. The Morgan fingerprint density at radius 3 is 2.68 bits per heavy atom. The van der Waals surface area contributed by atoms with E-state index < -0.39 is 24.8 Å². The second kappa shape index (κ2) is 6.28. The number of fused-ring (bicyclic) bond motifs is 1. The molecule has 3 rings (SSSR count). The third-order valence-electron chi connectivity index (χ3n) is 3.11. The van der Waals surface area contributed by atoms with Crippen molar-refractivity contribution in [1.82, 2.24) is 4.98 Å². The molecule has 25 heavy (non-hydrogen) atoms. The molecule has 0 unspecified atom stereocenters. The number of thiazole rings is 1. The van der Waals surface area contributed by atoms with Gasteiger partial charge in [-0.1, -0.05) is 0 Å². The van der Waals surface area contributed by atoms with Crippen LogP contribution in [0.2, 0.25) is 0 Å².